The van der Waals surface area contributed by atoms with Crippen LogP contribution in [0, 0.1) is 0 Å². The first-order valence-electron chi connectivity index (χ1n) is 10.8. The summed E-state index contributed by atoms with van der Waals surface area (Å²) in [7, 11) is 0. The van der Waals surface area contributed by atoms with Crippen LogP contribution in [0.5, 0.6) is 0 Å². The molecule has 2 aromatic carbocycles. The van der Waals surface area contributed by atoms with Crippen molar-refractivity contribution >= 4 is 17.5 Å². The summed E-state index contributed by atoms with van der Waals surface area (Å²) in [6.07, 6.45) is 1.67. The maximum absolute atomic E-state index is 13.8. The van der Waals surface area contributed by atoms with E-state index in [1.807, 2.05) is 28.9 Å². The van der Waals surface area contributed by atoms with Crippen molar-refractivity contribution in [2.24, 2.45) is 0 Å². The number of nitrogens with zero attached hydrogens (tertiary/aromatic N) is 4. The van der Waals surface area contributed by atoms with Gasteiger partial charge in [-0.2, -0.15) is 0 Å². The van der Waals surface area contributed by atoms with Gasteiger partial charge in [-0.1, -0.05) is 87.1 Å². The molecular formula is C25H26N4OS. The van der Waals surface area contributed by atoms with Gasteiger partial charge in [0.25, 0.3) is 5.56 Å². The Labute approximate surface area is 186 Å². The van der Waals surface area contributed by atoms with E-state index in [2.05, 4.69) is 51.1 Å². The maximum atomic E-state index is 13.8. The van der Waals surface area contributed by atoms with E-state index in [1.165, 1.54) is 11.1 Å². The predicted octanol–water partition coefficient (Wildman–Crippen LogP) is 4.75. The summed E-state index contributed by atoms with van der Waals surface area (Å²) in [4.78, 5) is 18.9. The lowest BCUT2D eigenvalue weighted by Crippen LogP contribution is -2.36. The monoisotopic (exact) mass is 430 g/mol. The third kappa shape index (κ3) is 3.39. The van der Waals surface area contributed by atoms with Crippen LogP contribution in [0.3, 0.4) is 0 Å². The van der Waals surface area contributed by atoms with Gasteiger partial charge in [-0.3, -0.25) is 4.79 Å². The molecule has 1 aliphatic carbocycles. The van der Waals surface area contributed by atoms with Gasteiger partial charge in [0.05, 0.1) is 11.3 Å². The molecule has 5 rings (SSSR count). The van der Waals surface area contributed by atoms with Crippen LogP contribution < -0.4 is 5.56 Å². The van der Waals surface area contributed by atoms with Crippen LogP contribution in [-0.4, -0.2) is 24.9 Å². The smallest absolute Gasteiger partial charge is 0.265 e. The number of benzene rings is 2. The van der Waals surface area contributed by atoms with Crippen molar-refractivity contribution in [3.05, 3.63) is 81.6 Å². The average molecular weight is 431 g/mol. The van der Waals surface area contributed by atoms with Crippen LogP contribution in [-0.2, 0) is 24.8 Å². The summed E-state index contributed by atoms with van der Waals surface area (Å²) in [5.41, 5.74) is 4.89. The van der Waals surface area contributed by atoms with Crippen molar-refractivity contribution in [2.45, 2.75) is 50.7 Å². The van der Waals surface area contributed by atoms with Crippen molar-refractivity contribution < 1.29 is 0 Å². The number of hydrogen-bond donors (Lipinski definition) is 0. The van der Waals surface area contributed by atoms with Crippen LogP contribution >= 0.6 is 11.8 Å². The standard InChI is InChI=1S/C25H26N4OS/c1-4-31-24-27-28(15-14-17-10-6-5-7-11-17)23-26-21-19-13-9-8-12-18(19)16-25(2,3)20(21)22(30)29(23)24/h5-13H,4,14-16H2,1-3H3. The minimum Gasteiger partial charge on any atom is -0.268 e. The third-order valence-electron chi connectivity index (χ3n) is 6.00. The second-order valence-electron chi connectivity index (χ2n) is 8.67. The molecule has 158 valence electrons. The summed E-state index contributed by atoms with van der Waals surface area (Å²) in [6, 6.07) is 18.7. The molecule has 0 amide bonds. The summed E-state index contributed by atoms with van der Waals surface area (Å²) < 4.78 is 3.63. The number of fused-ring (bicyclic) bond motifs is 4. The van der Waals surface area contributed by atoms with E-state index in [0.29, 0.717) is 12.3 Å². The van der Waals surface area contributed by atoms with Crippen LogP contribution in [0.15, 0.2) is 64.5 Å². The summed E-state index contributed by atoms with van der Waals surface area (Å²) in [5.74, 6) is 1.48. The maximum Gasteiger partial charge on any atom is 0.265 e. The average Bonchev–Trinajstić information content (AvgIpc) is 3.10. The molecule has 0 atom stereocenters. The van der Waals surface area contributed by atoms with Gasteiger partial charge >= 0.3 is 0 Å². The van der Waals surface area contributed by atoms with Gasteiger partial charge in [0, 0.05) is 17.5 Å². The second kappa shape index (κ2) is 7.68. The van der Waals surface area contributed by atoms with E-state index in [0.717, 1.165) is 40.6 Å². The van der Waals surface area contributed by atoms with Gasteiger partial charge in [-0.05, 0) is 29.7 Å². The highest BCUT2D eigenvalue weighted by Crippen LogP contribution is 2.40. The summed E-state index contributed by atoms with van der Waals surface area (Å²) >= 11 is 1.59. The molecule has 0 fully saturated rings. The molecule has 31 heavy (non-hydrogen) atoms. The molecule has 6 heteroatoms. The SMILES string of the molecule is CCSc1nn(CCc2ccccc2)c2nc3c(c(=O)n12)C(C)(C)Cc1ccccc1-3. The molecule has 2 heterocycles. The molecule has 0 spiro atoms. The summed E-state index contributed by atoms with van der Waals surface area (Å²) in [6.45, 7) is 7.04. The molecule has 2 aromatic heterocycles. The van der Waals surface area contributed by atoms with Crippen LogP contribution in [0.2, 0.25) is 0 Å². The van der Waals surface area contributed by atoms with E-state index >= 15 is 0 Å². The highest BCUT2D eigenvalue weighted by atomic mass is 32.2. The molecule has 0 saturated heterocycles. The fourth-order valence-corrected chi connectivity index (χ4v) is 5.28. The molecule has 0 aliphatic heterocycles. The number of aromatic nitrogens is 4. The lowest BCUT2D eigenvalue weighted by atomic mass is 9.72. The Morgan fingerprint density at radius 1 is 1.06 bits per heavy atom. The Morgan fingerprint density at radius 2 is 1.81 bits per heavy atom. The zero-order chi connectivity index (χ0) is 21.6. The van der Waals surface area contributed by atoms with Crippen molar-refractivity contribution in [3.8, 4) is 11.3 Å². The van der Waals surface area contributed by atoms with Gasteiger partial charge in [0.1, 0.15) is 0 Å². The molecule has 5 nitrogen and oxygen atoms in total. The number of rotatable bonds is 5. The van der Waals surface area contributed by atoms with Gasteiger partial charge in [-0.15, -0.1) is 5.10 Å². The fraction of sp³-hybridized carbons (Fsp3) is 0.320. The Balaban J connectivity index is 1.72. The molecule has 0 bridgehead atoms. The van der Waals surface area contributed by atoms with Gasteiger partial charge in [0.2, 0.25) is 5.78 Å². The highest BCUT2D eigenvalue weighted by Gasteiger charge is 2.36. The van der Waals surface area contributed by atoms with Crippen molar-refractivity contribution in [1.82, 2.24) is 19.2 Å². The number of hydrogen-bond acceptors (Lipinski definition) is 4. The van der Waals surface area contributed by atoms with Crippen LogP contribution in [0.1, 0.15) is 37.5 Å². The predicted molar refractivity (Wildman–Crippen MR) is 126 cm³/mol. The first kappa shape index (κ1) is 20.1. The van der Waals surface area contributed by atoms with Gasteiger partial charge in [-0.25, -0.2) is 14.1 Å². The minimum absolute atomic E-state index is 0.0152. The van der Waals surface area contributed by atoms with E-state index in [1.54, 1.807) is 16.2 Å². The zero-order valence-corrected chi connectivity index (χ0v) is 18.9. The molecule has 0 N–H and O–H groups in total. The van der Waals surface area contributed by atoms with E-state index in [4.69, 9.17) is 10.1 Å². The fourth-order valence-electron chi connectivity index (χ4n) is 4.58. The molecular weight excluding hydrogens is 404 g/mol. The lowest BCUT2D eigenvalue weighted by molar-refractivity contribution is 0.505. The third-order valence-corrected chi connectivity index (χ3v) is 6.82. The van der Waals surface area contributed by atoms with Gasteiger partial charge in [0.15, 0.2) is 5.16 Å². The molecule has 0 radical (unpaired) electrons. The molecule has 1 aliphatic rings. The Bertz CT molecular complexity index is 1320. The Morgan fingerprint density at radius 3 is 2.58 bits per heavy atom. The molecule has 0 unspecified atom stereocenters. The topological polar surface area (TPSA) is 52.2 Å². The minimum atomic E-state index is -0.282. The van der Waals surface area contributed by atoms with E-state index in [-0.39, 0.29) is 11.0 Å². The first-order valence-corrected chi connectivity index (χ1v) is 11.8. The van der Waals surface area contributed by atoms with Gasteiger partial charge < -0.3 is 0 Å². The van der Waals surface area contributed by atoms with Crippen molar-refractivity contribution in [2.75, 3.05) is 5.75 Å². The van der Waals surface area contributed by atoms with Crippen LogP contribution in [0.4, 0.5) is 0 Å². The molecule has 4 aromatic rings. The first-order chi connectivity index (χ1) is 15.0. The van der Waals surface area contributed by atoms with E-state index in [9.17, 15) is 4.79 Å². The van der Waals surface area contributed by atoms with E-state index < -0.39 is 0 Å². The number of thioether (sulfide) groups is 1. The van der Waals surface area contributed by atoms with Crippen molar-refractivity contribution in [1.29, 1.82) is 0 Å². The van der Waals surface area contributed by atoms with Crippen molar-refractivity contribution in [3.63, 3.8) is 0 Å². The summed E-state index contributed by atoms with van der Waals surface area (Å²) in [5, 5.41) is 5.53. The zero-order valence-electron chi connectivity index (χ0n) is 18.1. The lowest BCUT2D eigenvalue weighted by Gasteiger charge is -2.32. The second-order valence-corrected chi connectivity index (χ2v) is 9.90. The quantitative estimate of drug-likeness (QED) is 0.429. The largest absolute Gasteiger partial charge is 0.268 e. The normalized spacial score (nSPS) is 14.4. The van der Waals surface area contributed by atoms with Crippen LogP contribution in [0.25, 0.3) is 17.0 Å². The highest BCUT2D eigenvalue weighted by molar-refractivity contribution is 7.99. The Hall–Kier alpha value is -2.86. The molecule has 0 saturated carbocycles. The Kier molecular flexibility index (Phi) is 4.97. The number of aryl methyl sites for hydroxylation is 2.